The summed E-state index contributed by atoms with van der Waals surface area (Å²) < 4.78 is 10.8. The van der Waals surface area contributed by atoms with Crippen LogP contribution in [-0.2, 0) is 11.2 Å². The first-order valence-electron chi connectivity index (χ1n) is 5.46. The molecule has 0 saturated carbocycles. The molecule has 2 heterocycles. The summed E-state index contributed by atoms with van der Waals surface area (Å²) >= 11 is 0. The molecule has 0 spiro atoms. The standard InChI is InChI=1S/C11H17NO3/c1-8-11(9-3-6-14-7-4-9)12-10(15-8)2-5-13/h9,13H,2-7H2,1H3. The Hall–Kier alpha value is -0.870. The number of ether oxygens (including phenoxy) is 1. The van der Waals surface area contributed by atoms with Crippen LogP contribution in [0.4, 0.5) is 0 Å². The lowest BCUT2D eigenvalue weighted by atomic mass is 9.96. The van der Waals surface area contributed by atoms with Crippen LogP contribution >= 0.6 is 0 Å². The summed E-state index contributed by atoms with van der Waals surface area (Å²) in [6.07, 6.45) is 2.54. The number of hydrogen-bond acceptors (Lipinski definition) is 4. The number of rotatable bonds is 3. The molecule has 1 aliphatic rings. The van der Waals surface area contributed by atoms with Gasteiger partial charge in [0.05, 0.1) is 12.3 Å². The highest BCUT2D eigenvalue weighted by Crippen LogP contribution is 2.28. The van der Waals surface area contributed by atoms with Gasteiger partial charge in [-0.25, -0.2) is 4.98 Å². The fourth-order valence-electron chi connectivity index (χ4n) is 2.02. The van der Waals surface area contributed by atoms with Crippen molar-refractivity contribution in [2.24, 2.45) is 0 Å². The van der Waals surface area contributed by atoms with Crippen molar-refractivity contribution in [1.29, 1.82) is 0 Å². The first-order valence-corrected chi connectivity index (χ1v) is 5.46. The SMILES string of the molecule is Cc1oc(CCO)nc1C1CCOCC1. The van der Waals surface area contributed by atoms with Crippen LogP contribution in [0.3, 0.4) is 0 Å². The lowest BCUT2D eigenvalue weighted by Gasteiger charge is -2.20. The van der Waals surface area contributed by atoms with Gasteiger partial charge in [-0.05, 0) is 19.8 Å². The third-order valence-electron chi connectivity index (χ3n) is 2.81. The second-order valence-electron chi connectivity index (χ2n) is 3.91. The van der Waals surface area contributed by atoms with Crippen molar-refractivity contribution >= 4 is 0 Å². The predicted molar refractivity (Wildman–Crippen MR) is 54.8 cm³/mol. The van der Waals surface area contributed by atoms with Crippen LogP contribution in [0.15, 0.2) is 4.42 Å². The molecular weight excluding hydrogens is 194 g/mol. The van der Waals surface area contributed by atoms with Crippen LogP contribution in [0, 0.1) is 6.92 Å². The van der Waals surface area contributed by atoms with Crippen LogP contribution < -0.4 is 0 Å². The summed E-state index contributed by atoms with van der Waals surface area (Å²) in [5, 5.41) is 8.81. The third kappa shape index (κ3) is 2.38. The number of aliphatic hydroxyl groups excluding tert-OH is 1. The van der Waals surface area contributed by atoms with Crippen molar-refractivity contribution in [3.8, 4) is 0 Å². The van der Waals surface area contributed by atoms with E-state index in [4.69, 9.17) is 14.3 Å². The highest BCUT2D eigenvalue weighted by atomic mass is 16.5. The maximum Gasteiger partial charge on any atom is 0.196 e. The molecule has 1 aromatic heterocycles. The quantitative estimate of drug-likeness (QED) is 0.821. The molecule has 84 valence electrons. The Labute approximate surface area is 89.3 Å². The van der Waals surface area contributed by atoms with Gasteiger partial charge in [0.1, 0.15) is 5.76 Å². The summed E-state index contributed by atoms with van der Waals surface area (Å²) in [6, 6.07) is 0. The van der Waals surface area contributed by atoms with E-state index in [2.05, 4.69) is 4.98 Å². The van der Waals surface area contributed by atoms with Crippen LogP contribution in [-0.4, -0.2) is 29.9 Å². The molecule has 1 aliphatic heterocycles. The number of nitrogens with zero attached hydrogens (tertiary/aromatic N) is 1. The average molecular weight is 211 g/mol. The van der Waals surface area contributed by atoms with Crippen LogP contribution in [0.1, 0.15) is 36.1 Å². The summed E-state index contributed by atoms with van der Waals surface area (Å²) in [5.74, 6) is 2.01. The Balaban J connectivity index is 2.11. The Morgan fingerprint density at radius 3 is 2.80 bits per heavy atom. The zero-order chi connectivity index (χ0) is 10.7. The lowest BCUT2D eigenvalue weighted by Crippen LogP contribution is -2.15. The van der Waals surface area contributed by atoms with Crippen molar-refractivity contribution in [2.75, 3.05) is 19.8 Å². The summed E-state index contributed by atoms with van der Waals surface area (Å²) in [6.45, 7) is 3.66. The van der Waals surface area contributed by atoms with E-state index in [0.29, 0.717) is 18.2 Å². The Morgan fingerprint density at radius 2 is 2.13 bits per heavy atom. The number of hydrogen-bond donors (Lipinski definition) is 1. The summed E-state index contributed by atoms with van der Waals surface area (Å²) in [5.41, 5.74) is 1.06. The van der Waals surface area contributed by atoms with Gasteiger partial charge >= 0.3 is 0 Å². The molecule has 0 atom stereocenters. The normalized spacial score (nSPS) is 18.3. The maximum absolute atomic E-state index is 8.81. The van der Waals surface area contributed by atoms with Gasteiger partial charge in [-0.1, -0.05) is 0 Å². The van der Waals surface area contributed by atoms with Gasteiger partial charge in [-0.3, -0.25) is 0 Å². The second kappa shape index (κ2) is 4.77. The fourth-order valence-corrected chi connectivity index (χ4v) is 2.02. The summed E-state index contributed by atoms with van der Waals surface area (Å²) in [7, 11) is 0. The number of aromatic nitrogens is 1. The number of oxazole rings is 1. The number of aryl methyl sites for hydroxylation is 1. The molecule has 1 aromatic rings. The van der Waals surface area contributed by atoms with Crippen LogP contribution in [0.5, 0.6) is 0 Å². The molecule has 0 bridgehead atoms. The molecule has 4 nitrogen and oxygen atoms in total. The maximum atomic E-state index is 8.81. The smallest absolute Gasteiger partial charge is 0.196 e. The Bertz CT molecular complexity index is 316. The average Bonchev–Trinajstić information content (AvgIpc) is 2.61. The van der Waals surface area contributed by atoms with E-state index in [1.807, 2.05) is 6.92 Å². The van der Waals surface area contributed by atoms with E-state index < -0.39 is 0 Å². The van der Waals surface area contributed by atoms with E-state index in [1.54, 1.807) is 0 Å². The van der Waals surface area contributed by atoms with Gasteiger partial charge in [-0.2, -0.15) is 0 Å². The third-order valence-corrected chi connectivity index (χ3v) is 2.81. The van der Waals surface area contributed by atoms with E-state index in [0.717, 1.165) is 37.5 Å². The molecule has 4 heteroatoms. The fraction of sp³-hybridized carbons (Fsp3) is 0.727. The van der Waals surface area contributed by atoms with Gasteiger partial charge in [0, 0.05) is 25.6 Å². The molecule has 0 aliphatic carbocycles. The zero-order valence-electron chi connectivity index (χ0n) is 9.03. The molecular formula is C11H17NO3. The van der Waals surface area contributed by atoms with Crippen molar-refractivity contribution in [3.63, 3.8) is 0 Å². The first kappa shape index (κ1) is 10.6. The van der Waals surface area contributed by atoms with Gasteiger partial charge in [-0.15, -0.1) is 0 Å². The monoisotopic (exact) mass is 211 g/mol. The Kier molecular flexibility index (Phi) is 3.38. The molecule has 0 aromatic carbocycles. The van der Waals surface area contributed by atoms with Crippen LogP contribution in [0.25, 0.3) is 0 Å². The lowest BCUT2D eigenvalue weighted by molar-refractivity contribution is 0.0843. The first-order chi connectivity index (χ1) is 7.31. The molecule has 0 radical (unpaired) electrons. The highest BCUT2D eigenvalue weighted by Gasteiger charge is 2.22. The van der Waals surface area contributed by atoms with E-state index in [9.17, 15) is 0 Å². The summed E-state index contributed by atoms with van der Waals surface area (Å²) in [4.78, 5) is 4.44. The largest absolute Gasteiger partial charge is 0.446 e. The molecule has 2 rings (SSSR count). The van der Waals surface area contributed by atoms with Crippen molar-refractivity contribution in [1.82, 2.24) is 4.98 Å². The minimum atomic E-state index is 0.0904. The second-order valence-corrected chi connectivity index (χ2v) is 3.91. The van der Waals surface area contributed by atoms with E-state index in [-0.39, 0.29) is 6.61 Å². The topological polar surface area (TPSA) is 55.5 Å². The molecule has 1 fully saturated rings. The van der Waals surface area contributed by atoms with Gasteiger partial charge < -0.3 is 14.3 Å². The molecule has 0 amide bonds. The zero-order valence-corrected chi connectivity index (χ0v) is 9.03. The minimum Gasteiger partial charge on any atom is -0.446 e. The van der Waals surface area contributed by atoms with Gasteiger partial charge in [0.2, 0.25) is 0 Å². The van der Waals surface area contributed by atoms with Crippen molar-refractivity contribution in [3.05, 3.63) is 17.3 Å². The highest BCUT2D eigenvalue weighted by molar-refractivity contribution is 5.14. The molecule has 0 unspecified atom stereocenters. The van der Waals surface area contributed by atoms with Crippen LogP contribution in [0.2, 0.25) is 0 Å². The molecule has 1 N–H and O–H groups in total. The van der Waals surface area contributed by atoms with Gasteiger partial charge in [0.25, 0.3) is 0 Å². The van der Waals surface area contributed by atoms with Gasteiger partial charge in [0.15, 0.2) is 5.89 Å². The van der Waals surface area contributed by atoms with Crippen molar-refractivity contribution < 1.29 is 14.3 Å². The molecule has 1 saturated heterocycles. The molecule has 15 heavy (non-hydrogen) atoms. The predicted octanol–water partition coefficient (Wildman–Crippen LogP) is 1.41. The van der Waals surface area contributed by atoms with E-state index >= 15 is 0 Å². The number of aliphatic hydroxyl groups is 1. The van der Waals surface area contributed by atoms with Crippen molar-refractivity contribution in [2.45, 2.75) is 32.1 Å². The van der Waals surface area contributed by atoms with E-state index in [1.165, 1.54) is 0 Å². The Morgan fingerprint density at radius 1 is 1.40 bits per heavy atom. The minimum absolute atomic E-state index is 0.0904.